The number of nitrogens with zero attached hydrogens (tertiary/aromatic N) is 1. The number of alkyl halides is 2. The van der Waals surface area contributed by atoms with Crippen LogP contribution in [0.15, 0.2) is 59.1 Å². The first-order chi connectivity index (χ1) is 18.7. The van der Waals surface area contributed by atoms with Crippen molar-refractivity contribution in [2.45, 2.75) is 49.4 Å². The molecule has 3 aromatic rings. The van der Waals surface area contributed by atoms with Gasteiger partial charge in [-0.25, -0.2) is 13.8 Å². The molecule has 10 heteroatoms. The molecule has 3 N–H and O–H groups in total. The molecule has 2 aliphatic rings. The van der Waals surface area contributed by atoms with E-state index >= 15 is 0 Å². The van der Waals surface area contributed by atoms with Gasteiger partial charge >= 0.3 is 0 Å². The summed E-state index contributed by atoms with van der Waals surface area (Å²) in [6.45, 7) is 1.56. The molecule has 0 saturated heterocycles. The van der Waals surface area contributed by atoms with E-state index in [1.807, 2.05) is 48.5 Å². The number of aliphatic hydroxyl groups excluding tert-OH is 1. The van der Waals surface area contributed by atoms with Crippen molar-refractivity contribution in [3.05, 3.63) is 86.5 Å². The molecular weight excluding hydrogens is 594 g/mol. The highest BCUT2D eigenvalue weighted by molar-refractivity contribution is 9.10. The SMILES string of the molecule is CCCc1ccc([C@@H]2[C@@H](CNCC(F)F)[C@@H](O)[C@@]3(O)c4c(cc(Cl)nc4OC)O[C@@]23c2ccc(Br)cc2)cc1. The Kier molecular flexibility index (Phi) is 7.92. The molecule has 0 radical (unpaired) electrons. The van der Waals surface area contributed by atoms with Crippen LogP contribution >= 0.6 is 27.5 Å². The highest BCUT2D eigenvalue weighted by Gasteiger charge is 2.76. The van der Waals surface area contributed by atoms with E-state index in [0.717, 1.165) is 28.4 Å². The Morgan fingerprint density at radius 2 is 1.87 bits per heavy atom. The predicted molar refractivity (Wildman–Crippen MR) is 148 cm³/mol. The quantitative estimate of drug-likeness (QED) is 0.271. The molecule has 39 heavy (non-hydrogen) atoms. The van der Waals surface area contributed by atoms with Gasteiger partial charge in [-0.1, -0.05) is 77.3 Å². The normalized spacial score (nSPS) is 27.4. The van der Waals surface area contributed by atoms with Crippen LogP contribution in [-0.4, -0.2) is 47.9 Å². The van der Waals surface area contributed by atoms with Gasteiger partial charge < -0.3 is 25.0 Å². The Bertz CT molecular complexity index is 1330. The molecule has 1 fully saturated rings. The number of nitrogens with one attached hydrogen (secondary N) is 1. The summed E-state index contributed by atoms with van der Waals surface area (Å²) >= 11 is 9.75. The fourth-order valence-corrected chi connectivity index (χ4v) is 6.80. The summed E-state index contributed by atoms with van der Waals surface area (Å²) in [5, 5.41) is 27.6. The molecule has 0 amide bonds. The minimum Gasteiger partial charge on any atom is -0.481 e. The van der Waals surface area contributed by atoms with Crippen LogP contribution < -0.4 is 14.8 Å². The van der Waals surface area contributed by atoms with Crippen molar-refractivity contribution in [2.24, 2.45) is 5.92 Å². The van der Waals surface area contributed by atoms with Crippen molar-refractivity contribution in [3.8, 4) is 11.6 Å². The third-order valence-corrected chi connectivity index (χ3v) is 8.58. The van der Waals surface area contributed by atoms with Gasteiger partial charge in [-0.2, -0.15) is 0 Å². The average Bonchev–Trinajstić information content (AvgIpc) is 3.27. The van der Waals surface area contributed by atoms with Gasteiger partial charge in [0.05, 0.1) is 25.3 Å². The summed E-state index contributed by atoms with van der Waals surface area (Å²) in [6.07, 6.45) is -2.12. The van der Waals surface area contributed by atoms with E-state index in [1.54, 1.807) is 0 Å². The lowest BCUT2D eigenvalue weighted by atomic mass is 9.70. The maximum absolute atomic E-state index is 13.1. The molecule has 1 aliphatic heterocycles. The first kappa shape index (κ1) is 28.2. The lowest BCUT2D eigenvalue weighted by molar-refractivity contribution is -0.152. The summed E-state index contributed by atoms with van der Waals surface area (Å²) in [7, 11) is 1.40. The first-order valence-corrected chi connectivity index (χ1v) is 14.0. The highest BCUT2D eigenvalue weighted by Crippen LogP contribution is 2.69. The molecule has 5 rings (SSSR count). The minimum atomic E-state index is -2.57. The monoisotopic (exact) mass is 622 g/mol. The molecule has 6 nitrogen and oxygen atoms in total. The van der Waals surface area contributed by atoms with Crippen LogP contribution in [0.4, 0.5) is 8.78 Å². The van der Waals surface area contributed by atoms with Crippen LogP contribution in [0, 0.1) is 5.92 Å². The van der Waals surface area contributed by atoms with Gasteiger partial charge in [0.25, 0.3) is 6.43 Å². The second-order valence-electron chi connectivity index (χ2n) is 10.1. The number of aryl methyl sites for hydroxylation is 1. The lowest BCUT2D eigenvalue weighted by Crippen LogP contribution is -2.52. The summed E-state index contributed by atoms with van der Waals surface area (Å²) < 4.78 is 39.3. The van der Waals surface area contributed by atoms with Gasteiger partial charge in [0, 0.05) is 28.9 Å². The van der Waals surface area contributed by atoms with Gasteiger partial charge in [-0.05, 0) is 35.2 Å². The lowest BCUT2D eigenvalue weighted by Gasteiger charge is -2.41. The number of methoxy groups -OCH3 is 1. The van der Waals surface area contributed by atoms with Crippen LogP contribution in [0.1, 0.15) is 41.5 Å². The van der Waals surface area contributed by atoms with E-state index < -0.39 is 42.1 Å². The Labute approximate surface area is 239 Å². The molecule has 5 atom stereocenters. The molecule has 2 heterocycles. The average molecular weight is 624 g/mol. The highest BCUT2D eigenvalue weighted by atomic mass is 79.9. The Morgan fingerprint density at radius 3 is 2.49 bits per heavy atom. The number of aromatic nitrogens is 1. The van der Waals surface area contributed by atoms with Gasteiger partial charge in [0.1, 0.15) is 10.9 Å². The fraction of sp³-hybridized carbons (Fsp3) is 0.414. The van der Waals surface area contributed by atoms with Crippen molar-refractivity contribution in [3.63, 3.8) is 0 Å². The molecule has 0 bridgehead atoms. The number of benzene rings is 2. The summed E-state index contributed by atoms with van der Waals surface area (Å²) in [5.41, 5.74) is -0.896. The van der Waals surface area contributed by atoms with Crippen molar-refractivity contribution >= 4 is 27.5 Å². The largest absolute Gasteiger partial charge is 0.481 e. The van der Waals surface area contributed by atoms with Crippen molar-refractivity contribution < 1.29 is 28.5 Å². The Balaban J connectivity index is 1.77. The van der Waals surface area contributed by atoms with Crippen molar-refractivity contribution in [1.29, 1.82) is 0 Å². The van der Waals surface area contributed by atoms with Gasteiger partial charge in [0.15, 0.2) is 11.2 Å². The van der Waals surface area contributed by atoms with E-state index in [0.29, 0.717) is 5.56 Å². The second-order valence-corrected chi connectivity index (χ2v) is 11.4. The molecular formula is C29H30BrClF2N2O4. The molecule has 1 saturated carbocycles. The molecule has 2 aromatic carbocycles. The van der Waals surface area contributed by atoms with E-state index in [1.165, 1.54) is 13.2 Å². The Hall–Kier alpha value is -2.30. The molecule has 0 unspecified atom stereocenters. The number of fused-ring (bicyclic) bond motifs is 3. The van der Waals surface area contributed by atoms with Crippen LogP contribution in [0.2, 0.25) is 5.15 Å². The topological polar surface area (TPSA) is 83.8 Å². The summed E-state index contributed by atoms with van der Waals surface area (Å²) in [5.74, 6) is -1.11. The molecule has 1 aliphatic carbocycles. The fourth-order valence-electron chi connectivity index (χ4n) is 6.36. The van der Waals surface area contributed by atoms with Gasteiger partial charge in [0.2, 0.25) is 5.88 Å². The number of aliphatic hydroxyl groups is 2. The summed E-state index contributed by atoms with van der Waals surface area (Å²) in [4.78, 5) is 4.25. The number of hydrogen-bond donors (Lipinski definition) is 3. The zero-order chi connectivity index (χ0) is 27.9. The molecule has 1 aromatic heterocycles. The zero-order valence-electron chi connectivity index (χ0n) is 21.5. The van der Waals surface area contributed by atoms with E-state index in [2.05, 4.69) is 33.2 Å². The van der Waals surface area contributed by atoms with E-state index in [9.17, 15) is 19.0 Å². The van der Waals surface area contributed by atoms with Crippen LogP contribution in [-0.2, 0) is 17.6 Å². The van der Waals surface area contributed by atoms with E-state index in [-0.39, 0.29) is 28.9 Å². The van der Waals surface area contributed by atoms with Crippen molar-refractivity contribution in [2.75, 3.05) is 20.2 Å². The number of hydrogen-bond acceptors (Lipinski definition) is 6. The zero-order valence-corrected chi connectivity index (χ0v) is 23.8. The predicted octanol–water partition coefficient (Wildman–Crippen LogP) is 5.56. The number of pyridine rings is 1. The van der Waals surface area contributed by atoms with Gasteiger partial charge in [-0.3, -0.25) is 0 Å². The number of halogens is 4. The Morgan fingerprint density at radius 1 is 1.18 bits per heavy atom. The number of ether oxygens (including phenoxy) is 2. The minimum absolute atomic E-state index is 0.00942. The van der Waals surface area contributed by atoms with Gasteiger partial charge in [-0.15, -0.1) is 0 Å². The maximum Gasteiger partial charge on any atom is 0.250 e. The number of rotatable bonds is 9. The smallest absolute Gasteiger partial charge is 0.250 e. The molecule has 208 valence electrons. The third kappa shape index (κ3) is 4.52. The van der Waals surface area contributed by atoms with Crippen LogP contribution in [0.25, 0.3) is 0 Å². The van der Waals surface area contributed by atoms with Crippen LogP contribution in [0.3, 0.4) is 0 Å². The van der Waals surface area contributed by atoms with Crippen LogP contribution in [0.5, 0.6) is 11.6 Å². The summed E-state index contributed by atoms with van der Waals surface area (Å²) in [6, 6.07) is 16.8. The third-order valence-electron chi connectivity index (χ3n) is 7.86. The van der Waals surface area contributed by atoms with E-state index in [4.69, 9.17) is 21.1 Å². The maximum atomic E-state index is 13.1. The second kappa shape index (κ2) is 10.9. The van der Waals surface area contributed by atoms with Crippen molar-refractivity contribution in [1.82, 2.24) is 10.3 Å². The first-order valence-electron chi connectivity index (χ1n) is 12.9. The standard InChI is InChI=1S/C29H30BrClF2N2O4/c1-3-4-16-5-7-17(8-6-16)24-20(14-34-15-23(32)33)26(36)28(37)25-21(13-22(31)35-27(25)38-2)39-29(24,28)18-9-11-19(30)12-10-18/h5-13,20,23-24,26,34,36-37H,3-4,14-15H2,1-2H3/t20-,24-,26-,28+,29+/m1/s1. The molecule has 0 spiro atoms.